The number of pyridine rings is 1. The Bertz CT molecular complexity index is 1300. The van der Waals surface area contributed by atoms with E-state index in [2.05, 4.69) is 16.4 Å². The minimum Gasteiger partial charge on any atom is -0.455 e. The van der Waals surface area contributed by atoms with Gasteiger partial charge in [0, 0.05) is 19.7 Å². The van der Waals surface area contributed by atoms with E-state index in [1.807, 2.05) is 38.1 Å². The molecular formula is C28H29N5O3. The lowest BCUT2D eigenvalue weighted by molar-refractivity contribution is -0.124. The zero-order valence-electron chi connectivity index (χ0n) is 20.9. The van der Waals surface area contributed by atoms with Crippen molar-refractivity contribution in [2.75, 3.05) is 18.9 Å². The van der Waals surface area contributed by atoms with Crippen LogP contribution in [-0.2, 0) is 16.1 Å². The second-order valence-corrected chi connectivity index (χ2v) is 8.25. The van der Waals surface area contributed by atoms with E-state index in [0.717, 1.165) is 11.1 Å². The van der Waals surface area contributed by atoms with Crippen LogP contribution in [0.25, 0.3) is 0 Å². The minimum absolute atomic E-state index is 0.246. The molecule has 0 fully saturated rings. The third-order valence-corrected chi connectivity index (χ3v) is 5.51. The topological polar surface area (TPSA) is 98.6 Å². The van der Waals surface area contributed by atoms with E-state index in [1.165, 1.54) is 11.0 Å². The summed E-state index contributed by atoms with van der Waals surface area (Å²) < 4.78 is 5.90. The Morgan fingerprint density at radius 2 is 1.89 bits per heavy atom. The molecule has 0 saturated heterocycles. The molecule has 8 heteroatoms. The number of amides is 2. The van der Waals surface area contributed by atoms with Gasteiger partial charge < -0.3 is 15.0 Å². The number of likely N-dealkylation sites (N-methyl/N-ethyl adjacent to an activating group) is 1. The molecule has 0 aliphatic carbocycles. The van der Waals surface area contributed by atoms with Crippen molar-refractivity contribution in [3.05, 3.63) is 94.9 Å². The van der Waals surface area contributed by atoms with Crippen molar-refractivity contribution in [2.45, 2.75) is 27.3 Å². The fourth-order valence-corrected chi connectivity index (χ4v) is 3.26. The quantitative estimate of drug-likeness (QED) is 0.330. The first-order valence-electron chi connectivity index (χ1n) is 11.5. The van der Waals surface area contributed by atoms with Gasteiger partial charge in [0.2, 0.25) is 12.3 Å². The molecule has 0 aliphatic heterocycles. The highest BCUT2D eigenvalue weighted by atomic mass is 16.5. The number of nitrogens with zero attached hydrogens (tertiary/aromatic N) is 4. The number of hydrogen-bond acceptors (Lipinski definition) is 6. The number of aromatic nitrogens is 1. The summed E-state index contributed by atoms with van der Waals surface area (Å²) in [5.41, 5.74) is 3.13. The largest absolute Gasteiger partial charge is 0.455 e. The number of benzene rings is 2. The third kappa shape index (κ3) is 6.93. The minimum atomic E-state index is -0.246. The van der Waals surface area contributed by atoms with Gasteiger partial charge in [0.05, 0.1) is 23.9 Å². The molecule has 2 aromatic carbocycles. The average Bonchev–Trinajstić information content (AvgIpc) is 2.89. The van der Waals surface area contributed by atoms with Gasteiger partial charge in [-0.3, -0.25) is 14.5 Å². The Balaban J connectivity index is 1.86. The van der Waals surface area contributed by atoms with Crippen molar-refractivity contribution >= 4 is 18.1 Å². The summed E-state index contributed by atoms with van der Waals surface area (Å²) in [6, 6.07) is 20.2. The van der Waals surface area contributed by atoms with Crippen LogP contribution in [0.4, 0.5) is 5.82 Å². The van der Waals surface area contributed by atoms with Crippen LogP contribution in [0.15, 0.2) is 72.6 Å². The van der Waals surface area contributed by atoms with Gasteiger partial charge in [0.15, 0.2) is 0 Å². The van der Waals surface area contributed by atoms with Crippen LogP contribution < -0.4 is 10.1 Å². The summed E-state index contributed by atoms with van der Waals surface area (Å²) in [6.07, 6.45) is 2.07. The molecule has 0 aliphatic rings. The molecule has 184 valence electrons. The van der Waals surface area contributed by atoms with Crippen molar-refractivity contribution in [1.29, 1.82) is 5.26 Å². The van der Waals surface area contributed by atoms with E-state index in [1.54, 1.807) is 55.3 Å². The van der Waals surface area contributed by atoms with E-state index in [0.29, 0.717) is 47.4 Å². The van der Waals surface area contributed by atoms with Crippen LogP contribution in [0.2, 0.25) is 0 Å². The van der Waals surface area contributed by atoms with Gasteiger partial charge >= 0.3 is 0 Å². The monoisotopic (exact) mass is 483 g/mol. The smallest absolute Gasteiger partial charge is 0.249 e. The lowest BCUT2D eigenvalue weighted by atomic mass is 10.1. The predicted octanol–water partition coefficient (Wildman–Crippen LogP) is 4.75. The molecule has 0 bridgehead atoms. The number of rotatable bonds is 10. The first-order valence-corrected chi connectivity index (χ1v) is 11.5. The van der Waals surface area contributed by atoms with Crippen LogP contribution in [0.5, 0.6) is 11.5 Å². The highest BCUT2D eigenvalue weighted by Crippen LogP contribution is 2.26. The molecule has 3 rings (SSSR count). The van der Waals surface area contributed by atoms with E-state index in [9.17, 15) is 9.59 Å². The number of aryl methyl sites for hydroxylation is 2. The summed E-state index contributed by atoms with van der Waals surface area (Å²) in [4.78, 5) is 32.3. The van der Waals surface area contributed by atoms with Gasteiger partial charge in [0.1, 0.15) is 23.1 Å². The highest BCUT2D eigenvalue weighted by Gasteiger charge is 2.15. The molecule has 36 heavy (non-hydrogen) atoms. The van der Waals surface area contributed by atoms with Crippen LogP contribution in [0, 0.1) is 25.2 Å². The molecule has 0 spiro atoms. The average molecular weight is 484 g/mol. The third-order valence-electron chi connectivity index (χ3n) is 5.51. The number of anilines is 1. The molecular weight excluding hydrogens is 454 g/mol. The number of hydrogen-bond donors (Lipinski definition) is 1. The Morgan fingerprint density at radius 3 is 2.53 bits per heavy atom. The van der Waals surface area contributed by atoms with Gasteiger partial charge in [-0.05, 0) is 56.7 Å². The van der Waals surface area contributed by atoms with Crippen molar-refractivity contribution < 1.29 is 14.3 Å². The Kier molecular flexibility index (Phi) is 8.79. The Labute approximate surface area is 211 Å². The first kappa shape index (κ1) is 26.0. The van der Waals surface area contributed by atoms with Crippen LogP contribution in [0.3, 0.4) is 0 Å². The lowest BCUT2D eigenvalue weighted by Gasteiger charge is -2.23. The number of carbonyl (C=O) groups excluding carboxylic acids is 2. The van der Waals surface area contributed by atoms with Crippen molar-refractivity contribution in [3.63, 3.8) is 0 Å². The summed E-state index contributed by atoms with van der Waals surface area (Å²) in [6.45, 7) is 6.46. The van der Waals surface area contributed by atoms with Crippen LogP contribution >= 0.6 is 0 Å². The first-order chi connectivity index (χ1) is 17.3. The normalized spacial score (nSPS) is 10.8. The standard InChI is InChI=1S/C28H29N5O3/c1-5-32(4)28(35)16-27(33(19-34)18-22-11-9-20(2)10-12-22)31-26-14-13-25(21(3)30-26)36-24-8-6-7-23(15-24)17-29/h6-16,19H,5,18H2,1-4H3,(H,30,31)/b27-16-. The number of carbonyl (C=O) groups is 2. The van der Waals surface area contributed by atoms with Crippen molar-refractivity contribution in [3.8, 4) is 17.6 Å². The summed E-state index contributed by atoms with van der Waals surface area (Å²) in [5, 5.41) is 12.2. The maximum absolute atomic E-state index is 12.7. The fraction of sp³-hybridized carbons (Fsp3) is 0.214. The van der Waals surface area contributed by atoms with Gasteiger partial charge in [-0.1, -0.05) is 35.9 Å². The van der Waals surface area contributed by atoms with E-state index < -0.39 is 0 Å². The molecule has 1 aromatic heterocycles. The summed E-state index contributed by atoms with van der Waals surface area (Å²) in [7, 11) is 1.69. The fourth-order valence-electron chi connectivity index (χ4n) is 3.26. The molecule has 8 nitrogen and oxygen atoms in total. The maximum Gasteiger partial charge on any atom is 0.249 e. The molecule has 2 amide bonds. The Morgan fingerprint density at radius 1 is 1.14 bits per heavy atom. The van der Waals surface area contributed by atoms with E-state index >= 15 is 0 Å². The number of ether oxygens (including phenoxy) is 1. The van der Waals surface area contributed by atoms with Gasteiger partial charge in [0.25, 0.3) is 0 Å². The zero-order valence-corrected chi connectivity index (χ0v) is 20.9. The second-order valence-electron chi connectivity index (χ2n) is 8.25. The number of nitrogens with one attached hydrogen (secondary N) is 1. The molecule has 1 heterocycles. The molecule has 0 radical (unpaired) electrons. The van der Waals surface area contributed by atoms with E-state index in [4.69, 9.17) is 10.00 Å². The van der Waals surface area contributed by atoms with Gasteiger partial charge in [-0.2, -0.15) is 5.26 Å². The number of nitriles is 1. The van der Waals surface area contributed by atoms with Crippen LogP contribution in [0.1, 0.15) is 29.3 Å². The van der Waals surface area contributed by atoms with Gasteiger partial charge in [-0.25, -0.2) is 4.98 Å². The van der Waals surface area contributed by atoms with E-state index in [-0.39, 0.29) is 12.5 Å². The summed E-state index contributed by atoms with van der Waals surface area (Å²) in [5.74, 6) is 1.55. The zero-order chi connectivity index (χ0) is 26.1. The maximum atomic E-state index is 12.7. The molecule has 3 aromatic rings. The SMILES string of the molecule is CCN(C)C(=O)/C=C(/Nc1ccc(Oc2cccc(C#N)c2)c(C)n1)N(C=O)Cc1ccc(C)cc1. The molecule has 0 atom stereocenters. The molecule has 1 N–H and O–H groups in total. The molecule has 0 unspecified atom stereocenters. The van der Waals surface area contributed by atoms with Crippen LogP contribution in [-0.4, -0.2) is 40.7 Å². The lowest BCUT2D eigenvalue weighted by Crippen LogP contribution is -2.30. The van der Waals surface area contributed by atoms with Gasteiger partial charge in [-0.15, -0.1) is 0 Å². The second kappa shape index (κ2) is 12.2. The summed E-state index contributed by atoms with van der Waals surface area (Å²) >= 11 is 0. The van der Waals surface area contributed by atoms with Crippen molar-refractivity contribution in [1.82, 2.24) is 14.8 Å². The highest BCUT2D eigenvalue weighted by molar-refractivity contribution is 5.89. The predicted molar refractivity (Wildman–Crippen MR) is 138 cm³/mol. The Hall–Kier alpha value is -4.64. The van der Waals surface area contributed by atoms with Crippen molar-refractivity contribution in [2.24, 2.45) is 0 Å². The molecule has 0 saturated carbocycles.